The highest BCUT2D eigenvalue weighted by Gasteiger charge is 2.48. The predicted molar refractivity (Wildman–Crippen MR) is 88.4 cm³/mol. The summed E-state index contributed by atoms with van der Waals surface area (Å²) in [4.78, 5) is 37.1. The molecule has 1 heterocycles. The molecule has 1 saturated heterocycles. The molecule has 1 fully saturated rings. The van der Waals surface area contributed by atoms with Crippen LogP contribution in [0.5, 0.6) is 0 Å². The van der Waals surface area contributed by atoms with Gasteiger partial charge in [0.2, 0.25) is 5.91 Å². The maximum Gasteiger partial charge on any atom is 0.325 e. The first-order chi connectivity index (χ1) is 11.4. The van der Waals surface area contributed by atoms with Crippen molar-refractivity contribution < 1.29 is 19.1 Å². The van der Waals surface area contributed by atoms with Gasteiger partial charge in [0, 0.05) is 13.7 Å². The minimum Gasteiger partial charge on any atom is -0.382 e. The van der Waals surface area contributed by atoms with Crippen molar-refractivity contribution >= 4 is 17.8 Å². The van der Waals surface area contributed by atoms with Crippen LogP contribution in [0.2, 0.25) is 0 Å². The lowest BCUT2D eigenvalue weighted by molar-refractivity contribution is -0.135. The minimum atomic E-state index is -1.12. The summed E-state index contributed by atoms with van der Waals surface area (Å²) >= 11 is 0. The number of benzene rings is 1. The van der Waals surface area contributed by atoms with Gasteiger partial charge in [0.15, 0.2) is 0 Å². The van der Waals surface area contributed by atoms with Gasteiger partial charge in [0.25, 0.3) is 5.91 Å². The van der Waals surface area contributed by atoms with Gasteiger partial charge in [-0.2, -0.15) is 0 Å². The maximum atomic E-state index is 12.3. The molecule has 0 aliphatic carbocycles. The smallest absolute Gasteiger partial charge is 0.325 e. The molecule has 1 unspecified atom stereocenters. The Morgan fingerprint density at radius 3 is 2.71 bits per heavy atom. The number of rotatable bonds is 7. The van der Waals surface area contributed by atoms with E-state index in [1.807, 2.05) is 31.2 Å². The number of ether oxygens (including phenoxy) is 1. The van der Waals surface area contributed by atoms with Gasteiger partial charge in [0.1, 0.15) is 12.1 Å². The molecule has 0 spiro atoms. The Morgan fingerprint density at radius 2 is 2.04 bits per heavy atom. The third-order valence-corrected chi connectivity index (χ3v) is 4.06. The highest BCUT2D eigenvalue weighted by molar-refractivity contribution is 6.08. The number of nitrogens with zero attached hydrogens (tertiary/aromatic N) is 1. The number of amides is 4. The van der Waals surface area contributed by atoms with Crippen LogP contribution in [0.4, 0.5) is 4.79 Å². The molecule has 1 atom stereocenters. The van der Waals surface area contributed by atoms with E-state index < -0.39 is 17.5 Å². The van der Waals surface area contributed by atoms with Crippen molar-refractivity contribution in [3.05, 3.63) is 35.4 Å². The molecule has 2 rings (SSSR count). The summed E-state index contributed by atoms with van der Waals surface area (Å²) in [5.74, 6) is -0.822. The first-order valence-corrected chi connectivity index (χ1v) is 7.81. The molecule has 24 heavy (non-hydrogen) atoms. The standard InChI is InChI=1S/C17H23N3O4/c1-12-6-4-5-7-13(12)8-9-18-14(21)10-20-15(22)17(2,11-24-3)19-16(20)23/h4-7H,8-11H2,1-3H3,(H,18,21)(H,19,23). The summed E-state index contributed by atoms with van der Waals surface area (Å²) < 4.78 is 4.96. The zero-order valence-corrected chi connectivity index (χ0v) is 14.2. The van der Waals surface area contributed by atoms with E-state index in [4.69, 9.17) is 4.74 Å². The van der Waals surface area contributed by atoms with Crippen molar-refractivity contribution in [2.24, 2.45) is 0 Å². The third-order valence-electron chi connectivity index (χ3n) is 4.06. The Labute approximate surface area is 141 Å². The second-order valence-corrected chi connectivity index (χ2v) is 6.11. The Bertz CT molecular complexity index is 646. The van der Waals surface area contributed by atoms with E-state index in [0.29, 0.717) is 13.0 Å². The van der Waals surface area contributed by atoms with E-state index in [0.717, 1.165) is 16.0 Å². The molecule has 2 N–H and O–H groups in total. The number of carbonyl (C=O) groups is 3. The fourth-order valence-corrected chi connectivity index (χ4v) is 2.70. The second-order valence-electron chi connectivity index (χ2n) is 6.11. The second kappa shape index (κ2) is 7.44. The average Bonchev–Trinajstić information content (AvgIpc) is 2.73. The lowest BCUT2D eigenvalue weighted by Gasteiger charge is -2.20. The molecular formula is C17H23N3O4. The van der Waals surface area contributed by atoms with Crippen molar-refractivity contribution in [3.8, 4) is 0 Å². The van der Waals surface area contributed by atoms with Crippen LogP contribution < -0.4 is 10.6 Å². The summed E-state index contributed by atoms with van der Waals surface area (Å²) in [7, 11) is 1.45. The number of hydrogen-bond acceptors (Lipinski definition) is 4. The molecule has 4 amide bonds. The molecule has 1 aromatic carbocycles. The average molecular weight is 333 g/mol. The van der Waals surface area contributed by atoms with E-state index in [-0.39, 0.29) is 19.1 Å². The molecule has 0 aromatic heterocycles. The largest absolute Gasteiger partial charge is 0.382 e. The quantitative estimate of drug-likeness (QED) is 0.716. The van der Waals surface area contributed by atoms with Crippen molar-refractivity contribution in [3.63, 3.8) is 0 Å². The summed E-state index contributed by atoms with van der Waals surface area (Å²) in [6, 6.07) is 7.37. The van der Waals surface area contributed by atoms with E-state index in [2.05, 4.69) is 10.6 Å². The maximum absolute atomic E-state index is 12.3. The molecule has 1 aromatic rings. The summed E-state index contributed by atoms with van der Waals surface area (Å²) in [6.07, 6.45) is 0.694. The summed E-state index contributed by atoms with van der Waals surface area (Å²) in [5, 5.41) is 5.30. The Balaban J connectivity index is 1.85. The Morgan fingerprint density at radius 1 is 1.33 bits per heavy atom. The number of imide groups is 1. The van der Waals surface area contributed by atoms with Gasteiger partial charge in [0.05, 0.1) is 6.61 Å². The third kappa shape index (κ3) is 3.91. The van der Waals surface area contributed by atoms with Gasteiger partial charge in [-0.3, -0.25) is 14.5 Å². The fourth-order valence-electron chi connectivity index (χ4n) is 2.70. The number of hydrogen-bond donors (Lipinski definition) is 2. The first kappa shape index (κ1) is 17.9. The van der Waals surface area contributed by atoms with Crippen molar-refractivity contribution in [1.82, 2.24) is 15.5 Å². The molecule has 7 heteroatoms. The molecular weight excluding hydrogens is 310 g/mol. The lowest BCUT2D eigenvalue weighted by Crippen LogP contribution is -2.48. The predicted octanol–water partition coefficient (Wildman–Crippen LogP) is 0.611. The Hall–Kier alpha value is -2.41. The molecule has 1 aliphatic heterocycles. The monoisotopic (exact) mass is 333 g/mol. The van der Waals surface area contributed by atoms with Gasteiger partial charge in [-0.1, -0.05) is 24.3 Å². The minimum absolute atomic E-state index is 0.0585. The van der Waals surface area contributed by atoms with E-state index in [9.17, 15) is 14.4 Å². The van der Waals surface area contributed by atoms with Crippen LogP contribution in [0.3, 0.4) is 0 Å². The lowest BCUT2D eigenvalue weighted by atomic mass is 10.0. The van der Waals surface area contributed by atoms with E-state index in [1.54, 1.807) is 6.92 Å². The van der Waals surface area contributed by atoms with Gasteiger partial charge in [-0.05, 0) is 31.4 Å². The van der Waals surface area contributed by atoms with Crippen molar-refractivity contribution in [2.45, 2.75) is 25.8 Å². The fraction of sp³-hybridized carbons (Fsp3) is 0.471. The first-order valence-electron chi connectivity index (χ1n) is 7.81. The van der Waals surface area contributed by atoms with E-state index in [1.165, 1.54) is 7.11 Å². The SMILES string of the molecule is COCC1(C)NC(=O)N(CC(=O)NCCc2ccccc2C)C1=O. The zero-order chi connectivity index (χ0) is 17.7. The van der Waals surface area contributed by atoms with Crippen LogP contribution in [0.25, 0.3) is 0 Å². The van der Waals surface area contributed by atoms with Gasteiger partial charge < -0.3 is 15.4 Å². The van der Waals surface area contributed by atoms with Crippen LogP contribution in [0, 0.1) is 6.92 Å². The molecule has 0 radical (unpaired) electrons. The number of nitrogens with one attached hydrogen (secondary N) is 2. The van der Waals surface area contributed by atoms with Gasteiger partial charge >= 0.3 is 6.03 Å². The van der Waals surface area contributed by atoms with Crippen molar-refractivity contribution in [2.75, 3.05) is 26.8 Å². The number of carbonyl (C=O) groups excluding carboxylic acids is 3. The zero-order valence-electron chi connectivity index (χ0n) is 14.2. The number of aryl methyl sites for hydroxylation is 1. The van der Waals surface area contributed by atoms with E-state index >= 15 is 0 Å². The number of methoxy groups -OCH3 is 1. The molecule has 0 saturated carbocycles. The topological polar surface area (TPSA) is 87.7 Å². The molecule has 1 aliphatic rings. The normalized spacial score (nSPS) is 20.2. The van der Waals surface area contributed by atoms with Gasteiger partial charge in [-0.15, -0.1) is 0 Å². The van der Waals surface area contributed by atoms with Crippen molar-refractivity contribution in [1.29, 1.82) is 0 Å². The van der Waals surface area contributed by atoms with Crippen LogP contribution in [-0.2, 0) is 20.7 Å². The Kier molecular flexibility index (Phi) is 5.56. The summed E-state index contributed by atoms with van der Waals surface area (Å²) in [5.41, 5.74) is 1.20. The molecule has 130 valence electrons. The van der Waals surface area contributed by atoms with Crippen LogP contribution >= 0.6 is 0 Å². The van der Waals surface area contributed by atoms with Crippen LogP contribution in [0.1, 0.15) is 18.1 Å². The van der Waals surface area contributed by atoms with Crippen LogP contribution in [-0.4, -0.2) is 55.1 Å². The highest BCUT2D eigenvalue weighted by Crippen LogP contribution is 2.17. The number of urea groups is 1. The molecule has 7 nitrogen and oxygen atoms in total. The van der Waals surface area contributed by atoms with Gasteiger partial charge in [-0.25, -0.2) is 4.79 Å². The van der Waals surface area contributed by atoms with Crippen LogP contribution in [0.15, 0.2) is 24.3 Å². The molecule has 0 bridgehead atoms. The highest BCUT2D eigenvalue weighted by atomic mass is 16.5. The summed E-state index contributed by atoms with van der Waals surface area (Å²) in [6.45, 7) is 3.80.